The van der Waals surface area contributed by atoms with Gasteiger partial charge in [-0.05, 0) is 6.07 Å². The number of carboxylic acids is 1. The maximum Gasteiger partial charge on any atom is 1.00 e. The molecule has 0 amide bonds. The van der Waals surface area contributed by atoms with E-state index in [9.17, 15) is 9.90 Å². The molecule has 0 aromatic carbocycles. The van der Waals surface area contributed by atoms with Gasteiger partial charge in [0.05, 0.1) is 31.1 Å². The molecule has 0 radical (unpaired) electrons. The zero-order valence-electron chi connectivity index (χ0n) is 12.3. The van der Waals surface area contributed by atoms with Gasteiger partial charge in [0.15, 0.2) is 0 Å². The number of aromatic nitrogens is 1. The molecule has 3 rings (SSSR count). The van der Waals surface area contributed by atoms with E-state index in [1.807, 2.05) is 0 Å². The Morgan fingerprint density at radius 1 is 1.29 bits per heavy atom. The van der Waals surface area contributed by atoms with Crippen LogP contribution in [-0.4, -0.2) is 61.8 Å². The molecule has 2 aliphatic rings. The van der Waals surface area contributed by atoms with Crippen LogP contribution in [-0.2, 0) is 4.74 Å². The van der Waals surface area contributed by atoms with Crippen molar-refractivity contribution in [2.24, 2.45) is 5.92 Å². The summed E-state index contributed by atoms with van der Waals surface area (Å²) in [5, 5.41) is 10.9. The Bertz CT molecular complexity index is 488. The summed E-state index contributed by atoms with van der Waals surface area (Å²) < 4.78 is 5.20. The molecule has 3 heterocycles. The number of carbonyl (C=O) groups excluding carboxylic acids is 1. The van der Waals surface area contributed by atoms with Crippen LogP contribution >= 0.6 is 0 Å². The van der Waals surface area contributed by atoms with Crippen LogP contribution in [0.5, 0.6) is 0 Å². The van der Waals surface area contributed by atoms with E-state index in [2.05, 4.69) is 14.8 Å². The average molecular weight is 283 g/mol. The van der Waals surface area contributed by atoms with Gasteiger partial charge in [0.25, 0.3) is 0 Å². The van der Waals surface area contributed by atoms with Crippen molar-refractivity contribution in [1.82, 2.24) is 9.88 Å². The molecule has 0 spiro atoms. The van der Waals surface area contributed by atoms with Gasteiger partial charge in [-0.25, -0.2) is 0 Å². The van der Waals surface area contributed by atoms with E-state index < -0.39 is 5.97 Å². The second kappa shape index (κ2) is 7.28. The zero-order chi connectivity index (χ0) is 13.9. The van der Waals surface area contributed by atoms with E-state index in [0.717, 1.165) is 51.6 Å². The maximum atomic E-state index is 10.9. The molecule has 108 valence electrons. The summed E-state index contributed by atoms with van der Waals surface area (Å²) in [4.78, 5) is 19.5. The van der Waals surface area contributed by atoms with Gasteiger partial charge >= 0.3 is 18.9 Å². The molecule has 2 fully saturated rings. The third-order valence-corrected chi connectivity index (χ3v) is 3.92. The molecule has 21 heavy (non-hydrogen) atoms. The monoisotopic (exact) mass is 283 g/mol. The van der Waals surface area contributed by atoms with Crippen LogP contribution in [0.4, 0.5) is 5.69 Å². The summed E-state index contributed by atoms with van der Waals surface area (Å²) in [6.07, 6.45) is 3.04. The molecular formula is C14H18LiN3O3. The van der Waals surface area contributed by atoms with Crippen LogP contribution in [0.15, 0.2) is 18.5 Å². The maximum absolute atomic E-state index is 10.9. The zero-order valence-corrected chi connectivity index (χ0v) is 12.3. The van der Waals surface area contributed by atoms with Crippen LogP contribution in [0.25, 0.3) is 0 Å². The number of hydrogen-bond donors (Lipinski definition) is 0. The van der Waals surface area contributed by atoms with Crippen LogP contribution in [0.2, 0.25) is 0 Å². The number of carboxylic acid groups (broad SMARTS) is 1. The molecule has 1 aromatic rings. The van der Waals surface area contributed by atoms with Crippen molar-refractivity contribution in [3.63, 3.8) is 0 Å². The quantitative estimate of drug-likeness (QED) is 0.528. The third kappa shape index (κ3) is 3.98. The summed E-state index contributed by atoms with van der Waals surface area (Å²) in [6.45, 7) is 6.65. The topological polar surface area (TPSA) is 68.7 Å². The van der Waals surface area contributed by atoms with Crippen LogP contribution < -0.4 is 28.9 Å². The predicted molar refractivity (Wildman–Crippen MR) is 71.5 cm³/mol. The number of hydrogen-bond acceptors (Lipinski definition) is 6. The first-order valence-corrected chi connectivity index (χ1v) is 6.94. The van der Waals surface area contributed by atoms with Crippen molar-refractivity contribution in [2.75, 3.05) is 50.8 Å². The minimum atomic E-state index is -1.18. The second-order valence-corrected chi connectivity index (χ2v) is 5.41. The Balaban J connectivity index is 0.00000161. The molecule has 0 unspecified atom stereocenters. The number of nitrogens with zero attached hydrogens (tertiary/aromatic N) is 3. The van der Waals surface area contributed by atoms with Crippen molar-refractivity contribution >= 4 is 11.7 Å². The van der Waals surface area contributed by atoms with Gasteiger partial charge in [-0.2, -0.15) is 0 Å². The van der Waals surface area contributed by atoms with Crippen molar-refractivity contribution in [3.05, 3.63) is 24.0 Å². The van der Waals surface area contributed by atoms with Gasteiger partial charge in [-0.3, -0.25) is 9.88 Å². The van der Waals surface area contributed by atoms with Gasteiger partial charge in [0, 0.05) is 50.4 Å². The van der Waals surface area contributed by atoms with Gasteiger partial charge in [-0.15, -0.1) is 0 Å². The summed E-state index contributed by atoms with van der Waals surface area (Å²) >= 11 is 0. The number of aromatic carboxylic acids is 1. The molecule has 0 N–H and O–H groups in total. The second-order valence-electron chi connectivity index (χ2n) is 5.41. The minimum absolute atomic E-state index is 0. The van der Waals surface area contributed by atoms with Crippen LogP contribution in [0.3, 0.4) is 0 Å². The fraction of sp³-hybridized carbons (Fsp3) is 0.571. The minimum Gasteiger partial charge on any atom is -0.545 e. The Morgan fingerprint density at radius 3 is 2.57 bits per heavy atom. The van der Waals surface area contributed by atoms with Gasteiger partial charge in [-0.1, -0.05) is 0 Å². The van der Waals surface area contributed by atoms with Crippen molar-refractivity contribution in [3.8, 4) is 0 Å². The molecule has 0 aliphatic carbocycles. The predicted octanol–water partition coefficient (Wildman–Crippen LogP) is -3.78. The molecule has 0 atom stereocenters. The smallest absolute Gasteiger partial charge is 0.545 e. The summed E-state index contributed by atoms with van der Waals surface area (Å²) in [6, 6.07) is 1.64. The first kappa shape index (κ1) is 16.3. The standard InChI is InChI=1S/C14H19N3O3.Li/c18-14(19)12-5-13(7-15-6-12)17-3-1-16(2-4-17)8-11-9-20-10-11;/h5-7,11H,1-4,8-10H2,(H,18,19);/q;+1/p-1. The Morgan fingerprint density at radius 2 is 2.00 bits per heavy atom. The number of rotatable bonds is 4. The van der Waals surface area contributed by atoms with E-state index >= 15 is 0 Å². The van der Waals surface area contributed by atoms with Crippen LogP contribution in [0.1, 0.15) is 10.4 Å². The molecule has 2 aliphatic heterocycles. The number of ether oxygens (including phenoxy) is 1. The van der Waals surface area contributed by atoms with E-state index in [4.69, 9.17) is 4.74 Å². The normalized spacial score (nSPS) is 19.7. The summed E-state index contributed by atoms with van der Waals surface area (Å²) in [5.41, 5.74) is 0.995. The number of anilines is 1. The van der Waals surface area contributed by atoms with Gasteiger partial charge in [0.1, 0.15) is 0 Å². The van der Waals surface area contributed by atoms with E-state index in [1.54, 1.807) is 12.3 Å². The Hall–Kier alpha value is -1.06. The molecule has 2 saturated heterocycles. The number of pyridine rings is 1. The van der Waals surface area contributed by atoms with Crippen molar-refractivity contribution < 1.29 is 33.5 Å². The van der Waals surface area contributed by atoms with E-state index in [-0.39, 0.29) is 24.4 Å². The first-order valence-electron chi connectivity index (χ1n) is 6.94. The molecule has 7 heteroatoms. The largest absolute Gasteiger partial charge is 1.00 e. The van der Waals surface area contributed by atoms with Crippen molar-refractivity contribution in [1.29, 1.82) is 0 Å². The number of carbonyl (C=O) groups is 1. The van der Waals surface area contributed by atoms with Gasteiger partial charge in [0.2, 0.25) is 0 Å². The Labute approximate surface area is 136 Å². The van der Waals surface area contributed by atoms with Crippen molar-refractivity contribution in [2.45, 2.75) is 0 Å². The Kier molecular flexibility index (Phi) is 5.65. The molecule has 0 saturated carbocycles. The van der Waals surface area contributed by atoms with E-state index in [0.29, 0.717) is 5.92 Å². The molecule has 0 bridgehead atoms. The molecule has 6 nitrogen and oxygen atoms in total. The molecular weight excluding hydrogens is 265 g/mol. The SMILES string of the molecule is O=C([O-])c1cncc(N2CCN(CC3COC3)CC2)c1.[Li+]. The third-order valence-electron chi connectivity index (χ3n) is 3.92. The summed E-state index contributed by atoms with van der Waals surface area (Å²) in [7, 11) is 0. The first-order chi connectivity index (χ1) is 9.72. The summed E-state index contributed by atoms with van der Waals surface area (Å²) in [5.74, 6) is -0.493. The molecule has 1 aromatic heterocycles. The van der Waals surface area contributed by atoms with Crippen LogP contribution in [0, 0.1) is 5.92 Å². The average Bonchev–Trinajstić information content (AvgIpc) is 2.44. The number of piperazine rings is 1. The fourth-order valence-corrected chi connectivity index (χ4v) is 2.66. The van der Waals surface area contributed by atoms with Gasteiger partial charge < -0.3 is 19.5 Å². The van der Waals surface area contributed by atoms with E-state index in [1.165, 1.54) is 6.20 Å². The fourth-order valence-electron chi connectivity index (χ4n) is 2.66.